The molecule has 3 atom stereocenters. The van der Waals surface area contributed by atoms with Gasteiger partial charge in [0.05, 0.1) is 18.1 Å². The molecule has 2 aliphatic rings. The zero-order valence-corrected chi connectivity index (χ0v) is 7.62. The van der Waals surface area contributed by atoms with Gasteiger partial charge in [0.2, 0.25) is 5.91 Å². The lowest BCUT2D eigenvalue weighted by Gasteiger charge is -2.21. The molecule has 1 saturated carbocycles. The lowest BCUT2D eigenvalue weighted by atomic mass is 9.88. The molecule has 0 N–H and O–H groups in total. The Labute approximate surface area is 72.7 Å². The van der Waals surface area contributed by atoms with E-state index in [1.807, 2.05) is 14.1 Å². The highest BCUT2D eigenvalue weighted by Crippen LogP contribution is 2.41. The maximum atomic E-state index is 11.6. The van der Waals surface area contributed by atoms with Crippen LogP contribution in [-0.2, 0) is 9.53 Å². The summed E-state index contributed by atoms with van der Waals surface area (Å²) in [6.07, 6.45) is 3.98. The zero-order valence-electron chi connectivity index (χ0n) is 7.62. The van der Waals surface area contributed by atoms with Crippen LogP contribution in [0.1, 0.15) is 19.3 Å². The smallest absolute Gasteiger partial charge is 0.227 e. The molecule has 0 radical (unpaired) electrons. The number of hydrogen-bond acceptors (Lipinski definition) is 2. The highest BCUT2D eigenvalue weighted by molar-refractivity contribution is 5.79. The van der Waals surface area contributed by atoms with Gasteiger partial charge >= 0.3 is 0 Å². The fourth-order valence-corrected chi connectivity index (χ4v) is 2.04. The van der Waals surface area contributed by atoms with Crippen LogP contribution in [0.5, 0.6) is 0 Å². The zero-order chi connectivity index (χ0) is 8.72. The Morgan fingerprint density at radius 3 is 2.83 bits per heavy atom. The van der Waals surface area contributed by atoms with E-state index in [2.05, 4.69) is 0 Å². The van der Waals surface area contributed by atoms with Gasteiger partial charge in [-0.15, -0.1) is 0 Å². The molecule has 0 aromatic heterocycles. The van der Waals surface area contributed by atoms with Crippen LogP contribution in [0.2, 0.25) is 0 Å². The Morgan fingerprint density at radius 2 is 2.17 bits per heavy atom. The van der Waals surface area contributed by atoms with Crippen molar-refractivity contribution in [1.29, 1.82) is 0 Å². The van der Waals surface area contributed by atoms with Crippen molar-refractivity contribution in [3.63, 3.8) is 0 Å². The summed E-state index contributed by atoms with van der Waals surface area (Å²) in [6, 6.07) is 0. The van der Waals surface area contributed by atoms with Gasteiger partial charge < -0.3 is 9.64 Å². The quantitative estimate of drug-likeness (QED) is 0.540. The molecule has 1 saturated heterocycles. The molecule has 1 aliphatic carbocycles. The first-order valence-corrected chi connectivity index (χ1v) is 4.57. The third-order valence-electron chi connectivity index (χ3n) is 2.78. The topological polar surface area (TPSA) is 32.8 Å². The van der Waals surface area contributed by atoms with Crippen LogP contribution >= 0.6 is 0 Å². The second-order valence-electron chi connectivity index (χ2n) is 3.91. The van der Waals surface area contributed by atoms with Crippen molar-refractivity contribution >= 4 is 5.91 Å². The molecule has 2 fully saturated rings. The van der Waals surface area contributed by atoms with Gasteiger partial charge in [0.25, 0.3) is 0 Å². The van der Waals surface area contributed by atoms with Crippen molar-refractivity contribution in [3.05, 3.63) is 0 Å². The number of carbonyl (C=O) groups is 1. The van der Waals surface area contributed by atoms with E-state index >= 15 is 0 Å². The van der Waals surface area contributed by atoms with Gasteiger partial charge in [-0.3, -0.25) is 4.79 Å². The van der Waals surface area contributed by atoms with Gasteiger partial charge in [-0.2, -0.15) is 0 Å². The number of epoxide rings is 1. The minimum Gasteiger partial charge on any atom is -0.369 e. The average Bonchev–Trinajstić information content (AvgIpc) is 2.80. The highest BCUT2D eigenvalue weighted by Gasteiger charge is 2.50. The normalized spacial score (nSPS) is 38.7. The molecule has 3 unspecified atom stereocenters. The van der Waals surface area contributed by atoms with E-state index in [9.17, 15) is 4.79 Å². The number of nitrogens with zero attached hydrogens (tertiary/aromatic N) is 1. The molecule has 1 heterocycles. The molecule has 68 valence electrons. The Kier molecular flexibility index (Phi) is 1.83. The van der Waals surface area contributed by atoms with Crippen molar-refractivity contribution in [2.24, 2.45) is 5.92 Å². The van der Waals surface area contributed by atoms with Crippen LogP contribution < -0.4 is 0 Å². The third-order valence-corrected chi connectivity index (χ3v) is 2.78. The number of carbonyl (C=O) groups excluding carboxylic acids is 1. The molecule has 0 aromatic rings. The summed E-state index contributed by atoms with van der Waals surface area (Å²) in [5.74, 6) is 0.390. The summed E-state index contributed by atoms with van der Waals surface area (Å²) in [6.45, 7) is 0. The van der Waals surface area contributed by atoms with Gasteiger partial charge in [-0.25, -0.2) is 0 Å². The monoisotopic (exact) mass is 169 g/mol. The van der Waals surface area contributed by atoms with Crippen LogP contribution in [-0.4, -0.2) is 37.1 Å². The van der Waals surface area contributed by atoms with Crippen molar-refractivity contribution < 1.29 is 9.53 Å². The number of hydrogen-bond donors (Lipinski definition) is 0. The number of rotatable bonds is 1. The second kappa shape index (κ2) is 2.73. The minimum absolute atomic E-state index is 0.152. The number of amides is 1. The number of fused-ring (bicyclic) bond motifs is 1. The Hall–Kier alpha value is -0.570. The lowest BCUT2D eigenvalue weighted by molar-refractivity contribution is -0.134. The summed E-state index contributed by atoms with van der Waals surface area (Å²) in [7, 11) is 3.63. The van der Waals surface area contributed by atoms with E-state index in [0.717, 1.165) is 19.3 Å². The van der Waals surface area contributed by atoms with Gasteiger partial charge in [0.15, 0.2) is 0 Å². The largest absolute Gasteiger partial charge is 0.369 e. The number of ether oxygens (including phenoxy) is 1. The van der Waals surface area contributed by atoms with E-state index in [-0.39, 0.29) is 17.9 Å². The van der Waals surface area contributed by atoms with Crippen molar-refractivity contribution in [2.75, 3.05) is 14.1 Å². The Morgan fingerprint density at radius 1 is 1.42 bits per heavy atom. The van der Waals surface area contributed by atoms with Crippen LogP contribution in [0.25, 0.3) is 0 Å². The summed E-state index contributed by atoms with van der Waals surface area (Å²) in [5, 5.41) is 0. The third kappa shape index (κ3) is 1.22. The molecule has 0 bridgehead atoms. The summed E-state index contributed by atoms with van der Waals surface area (Å²) in [4.78, 5) is 13.3. The molecule has 3 nitrogen and oxygen atoms in total. The van der Waals surface area contributed by atoms with Crippen molar-refractivity contribution in [1.82, 2.24) is 4.90 Å². The fraction of sp³-hybridized carbons (Fsp3) is 0.889. The molecule has 12 heavy (non-hydrogen) atoms. The predicted molar refractivity (Wildman–Crippen MR) is 44.7 cm³/mol. The van der Waals surface area contributed by atoms with Gasteiger partial charge in [0.1, 0.15) is 0 Å². The first kappa shape index (κ1) is 8.05. The summed E-state index contributed by atoms with van der Waals surface area (Å²) in [5.41, 5.74) is 0. The average molecular weight is 169 g/mol. The van der Waals surface area contributed by atoms with E-state index in [0.29, 0.717) is 6.10 Å². The maximum Gasteiger partial charge on any atom is 0.227 e. The molecule has 2 rings (SSSR count). The van der Waals surface area contributed by atoms with Crippen LogP contribution in [0.4, 0.5) is 0 Å². The molecule has 1 amide bonds. The van der Waals surface area contributed by atoms with Gasteiger partial charge in [-0.05, 0) is 19.3 Å². The van der Waals surface area contributed by atoms with E-state index in [4.69, 9.17) is 4.74 Å². The Balaban J connectivity index is 1.99. The second-order valence-corrected chi connectivity index (χ2v) is 3.91. The first-order valence-electron chi connectivity index (χ1n) is 4.57. The molecule has 0 aromatic carbocycles. The van der Waals surface area contributed by atoms with E-state index < -0.39 is 0 Å². The maximum absolute atomic E-state index is 11.6. The van der Waals surface area contributed by atoms with E-state index in [1.54, 1.807) is 4.90 Å². The SMILES string of the molecule is CN(C)C(=O)C1CCCC2OC21. The molecular weight excluding hydrogens is 154 g/mol. The lowest BCUT2D eigenvalue weighted by Crippen LogP contribution is -2.34. The highest BCUT2D eigenvalue weighted by atomic mass is 16.6. The van der Waals surface area contributed by atoms with E-state index in [1.165, 1.54) is 0 Å². The fourth-order valence-electron chi connectivity index (χ4n) is 2.04. The van der Waals surface area contributed by atoms with Gasteiger partial charge in [0, 0.05) is 14.1 Å². The van der Waals surface area contributed by atoms with Crippen molar-refractivity contribution in [3.8, 4) is 0 Å². The van der Waals surface area contributed by atoms with Gasteiger partial charge in [-0.1, -0.05) is 0 Å². The molecule has 0 spiro atoms. The standard InChI is InChI=1S/C9H15NO2/c1-10(2)9(11)6-4-3-5-7-8(6)12-7/h6-8H,3-5H2,1-2H3. The van der Waals surface area contributed by atoms with Crippen LogP contribution in [0.15, 0.2) is 0 Å². The van der Waals surface area contributed by atoms with Crippen molar-refractivity contribution in [2.45, 2.75) is 31.5 Å². The van der Waals surface area contributed by atoms with Crippen LogP contribution in [0.3, 0.4) is 0 Å². The first-order chi connectivity index (χ1) is 5.70. The molecular formula is C9H15NO2. The predicted octanol–water partition coefficient (Wildman–Crippen LogP) is 0.642. The van der Waals surface area contributed by atoms with Crippen LogP contribution in [0, 0.1) is 5.92 Å². The molecule has 1 aliphatic heterocycles. The Bertz CT molecular complexity index is 203. The minimum atomic E-state index is 0.152. The summed E-state index contributed by atoms with van der Waals surface area (Å²) >= 11 is 0. The summed E-state index contributed by atoms with van der Waals surface area (Å²) < 4.78 is 5.41. The molecule has 3 heteroatoms.